The summed E-state index contributed by atoms with van der Waals surface area (Å²) in [5.41, 5.74) is 3.10. The Balaban J connectivity index is 1.54. The Hall–Kier alpha value is -3.45. The number of rotatable bonds is 4. The first kappa shape index (κ1) is 18.3. The first-order valence-electron chi connectivity index (χ1n) is 8.89. The average molecular weight is 357 g/mol. The van der Waals surface area contributed by atoms with E-state index in [0.717, 1.165) is 22.2 Å². The lowest BCUT2D eigenvalue weighted by molar-refractivity contribution is 0.241. The molecule has 4 heteroatoms. The van der Waals surface area contributed by atoms with Crippen molar-refractivity contribution >= 4 is 22.5 Å². The number of nitrogens with one attached hydrogen (secondary N) is 2. The Morgan fingerprint density at radius 2 is 1.67 bits per heavy atom. The summed E-state index contributed by atoms with van der Waals surface area (Å²) in [7, 11) is 3.97. The standard InChI is InChI=1S/C23H23N3O/c1-26(2)22-15-6-4-10-19(22)13-8-16-24-23(27)25-17-20-12-7-11-18-9-3-5-14-21(18)20/h3-7,9-12,14-15H,16-17H2,1-2H3,(H2,24,25,27). The molecule has 3 rings (SSSR count). The van der Waals surface area contributed by atoms with Crippen LogP contribution in [0.4, 0.5) is 10.5 Å². The van der Waals surface area contributed by atoms with Crippen LogP contribution in [-0.2, 0) is 6.54 Å². The lowest BCUT2D eigenvalue weighted by Gasteiger charge is -2.13. The number of carbonyl (C=O) groups is 1. The molecule has 0 aliphatic heterocycles. The summed E-state index contributed by atoms with van der Waals surface area (Å²) in [6, 6.07) is 22.0. The molecule has 0 bridgehead atoms. The molecule has 0 heterocycles. The minimum absolute atomic E-state index is 0.224. The molecule has 0 aromatic heterocycles. The fraction of sp³-hybridized carbons (Fsp3) is 0.174. The van der Waals surface area contributed by atoms with Crippen LogP contribution in [0.1, 0.15) is 11.1 Å². The van der Waals surface area contributed by atoms with Crippen LogP contribution in [-0.4, -0.2) is 26.7 Å². The van der Waals surface area contributed by atoms with Crippen molar-refractivity contribution in [2.24, 2.45) is 0 Å². The predicted octanol–water partition coefficient (Wildman–Crippen LogP) is 3.76. The van der Waals surface area contributed by atoms with Crippen LogP contribution in [0.5, 0.6) is 0 Å². The van der Waals surface area contributed by atoms with Gasteiger partial charge in [-0.1, -0.05) is 66.4 Å². The molecule has 0 spiro atoms. The molecular formula is C23H23N3O. The number of fused-ring (bicyclic) bond motifs is 1. The lowest BCUT2D eigenvalue weighted by atomic mass is 10.0. The third kappa shape index (κ3) is 4.80. The Morgan fingerprint density at radius 3 is 2.52 bits per heavy atom. The Morgan fingerprint density at radius 1 is 0.926 bits per heavy atom. The minimum atomic E-state index is -0.224. The second-order valence-corrected chi connectivity index (χ2v) is 6.39. The number of hydrogen-bond acceptors (Lipinski definition) is 2. The second-order valence-electron chi connectivity index (χ2n) is 6.39. The number of hydrogen-bond donors (Lipinski definition) is 2. The van der Waals surface area contributed by atoms with Crippen LogP contribution >= 0.6 is 0 Å². The van der Waals surface area contributed by atoms with Crippen molar-refractivity contribution in [3.05, 3.63) is 77.9 Å². The van der Waals surface area contributed by atoms with Gasteiger partial charge in [-0.3, -0.25) is 0 Å². The fourth-order valence-electron chi connectivity index (χ4n) is 2.92. The van der Waals surface area contributed by atoms with Gasteiger partial charge in [0.2, 0.25) is 0 Å². The zero-order valence-electron chi connectivity index (χ0n) is 15.6. The zero-order valence-corrected chi connectivity index (χ0v) is 15.6. The summed E-state index contributed by atoms with van der Waals surface area (Å²) in [5, 5.41) is 8.00. The summed E-state index contributed by atoms with van der Waals surface area (Å²) in [6.45, 7) is 0.771. The monoisotopic (exact) mass is 357 g/mol. The summed E-state index contributed by atoms with van der Waals surface area (Å²) < 4.78 is 0. The molecule has 0 radical (unpaired) electrons. The normalized spacial score (nSPS) is 10.0. The number of urea groups is 1. The van der Waals surface area contributed by atoms with Crippen LogP contribution in [0.15, 0.2) is 66.7 Å². The second kappa shape index (κ2) is 8.77. The van der Waals surface area contributed by atoms with Gasteiger partial charge >= 0.3 is 6.03 Å². The Kier molecular flexibility index (Phi) is 5.96. The quantitative estimate of drug-likeness (QED) is 0.699. The number of anilines is 1. The van der Waals surface area contributed by atoms with E-state index in [-0.39, 0.29) is 6.03 Å². The summed E-state index contributed by atoms with van der Waals surface area (Å²) >= 11 is 0. The van der Waals surface area contributed by atoms with E-state index in [0.29, 0.717) is 13.1 Å². The fourth-order valence-corrected chi connectivity index (χ4v) is 2.92. The molecule has 0 fully saturated rings. The maximum absolute atomic E-state index is 12.0. The Labute approximate surface area is 160 Å². The predicted molar refractivity (Wildman–Crippen MR) is 112 cm³/mol. The van der Waals surface area contributed by atoms with Crippen molar-refractivity contribution in [1.82, 2.24) is 10.6 Å². The molecule has 2 N–H and O–H groups in total. The van der Waals surface area contributed by atoms with E-state index in [1.54, 1.807) is 0 Å². The van der Waals surface area contributed by atoms with E-state index >= 15 is 0 Å². The molecule has 0 saturated carbocycles. The van der Waals surface area contributed by atoms with Gasteiger partial charge in [-0.2, -0.15) is 0 Å². The van der Waals surface area contributed by atoms with Crippen molar-refractivity contribution in [2.75, 3.05) is 25.5 Å². The van der Waals surface area contributed by atoms with Gasteiger partial charge in [-0.15, -0.1) is 0 Å². The SMILES string of the molecule is CN(C)c1ccccc1C#CCNC(=O)NCc1cccc2ccccc12. The smallest absolute Gasteiger partial charge is 0.315 e. The van der Waals surface area contributed by atoms with Crippen LogP contribution in [0.25, 0.3) is 10.8 Å². The molecule has 4 nitrogen and oxygen atoms in total. The number of nitrogens with zero attached hydrogens (tertiary/aromatic N) is 1. The highest BCUT2D eigenvalue weighted by atomic mass is 16.2. The van der Waals surface area contributed by atoms with Crippen LogP contribution in [0, 0.1) is 11.8 Å². The topological polar surface area (TPSA) is 44.4 Å². The maximum Gasteiger partial charge on any atom is 0.315 e. The third-order valence-corrected chi connectivity index (χ3v) is 4.27. The molecule has 0 unspecified atom stereocenters. The van der Waals surface area contributed by atoms with Gasteiger partial charge in [0, 0.05) is 26.2 Å². The van der Waals surface area contributed by atoms with Gasteiger partial charge < -0.3 is 15.5 Å². The molecule has 3 aromatic carbocycles. The number of carbonyl (C=O) groups excluding carboxylic acids is 1. The summed E-state index contributed by atoms with van der Waals surface area (Å²) in [6.07, 6.45) is 0. The third-order valence-electron chi connectivity index (χ3n) is 4.27. The first-order valence-corrected chi connectivity index (χ1v) is 8.89. The van der Waals surface area contributed by atoms with Gasteiger partial charge in [0.15, 0.2) is 0 Å². The molecule has 3 aromatic rings. The molecular weight excluding hydrogens is 334 g/mol. The summed E-state index contributed by atoms with van der Waals surface area (Å²) in [5.74, 6) is 6.12. The summed E-state index contributed by atoms with van der Waals surface area (Å²) in [4.78, 5) is 14.1. The molecule has 0 aliphatic carbocycles. The average Bonchev–Trinajstić information content (AvgIpc) is 2.69. The minimum Gasteiger partial charge on any atom is -0.377 e. The van der Waals surface area contributed by atoms with Crippen LogP contribution in [0.3, 0.4) is 0 Å². The molecule has 0 aliphatic rings. The van der Waals surface area contributed by atoms with E-state index in [9.17, 15) is 4.79 Å². The van der Waals surface area contributed by atoms with E-state index in [4.69, 9.17) is 0 Å². The number of para-hydroxylation sites is 1. The van der Waals surface area contributed by atoms with Crippen molar-refractivity contribution in [3.63, 3.8) is 0 Å². The number of amides is 2. The van der Waals surface area contributed by atoms with E-state index in [2.05, 4.69) is 40.7 Å². The van der Waals surface area contributed by atoms with E-state index < -0.39 is 0 Å². The Bertz CT molecular complexity index is 994. The molecule has 2 amide bonds. The van der Waals surface area contributed by atoms with Crippen molar-refractivity contribution < 1.29 is 4.79 Å². The van der Waals surface area contributed by atoms with E-state index in [1.807, 2.05) is 67.5 Å². The van der Waals surface area contributed by atoms with Gasteiger partial charge in [0.1, 0.15) is 0 Å². The largest absolute Gasteiger partial charge is 0.377 e. The van der Waals surface area contributed by atoms with Gasteiger partial charge in [-0.05, 0) is 28.5 Å². The molecule has 0 atom stereocenters. The molecule has 0 saturated heterocycles. The van der Waals surface area contributed by atoms with E-state index in [1.165, 1.54) is 5.39 Å². The zero-order chi connectivity index (χ0) is 19.1. The van der Waals surface area contributed by atoms with Crippen molar-refractivity contribution in [1.29, 1.82) is 0 Å². The first-order chi connectivity index (χ1) is 13.1. The lowest BCUT2D eigenvalue weighted by Crippen LogP contribution is -2.35. The van der Waals surface area contributed by atoms with Gasteiger partial charge in [0.25, 0.3) is 0 Å². The van der Waals surface area contributed by atoms with Crippen LogP contribution < -0.4 is 15.5 Å². The van der Waals surface area contributed by atoms with Gasteiger partial charge in [0.05, 0.1) is 12.2 Å². The van der Waals surface area contributed by atoms with Crippen LogP contribution in [0.2, 0.25) is 0 Å². The molecule has 27 heavy (non-hydrogen) atoms. The highest BCUT2D eigenvalue weighted by Gasteiger charge is 2.03. The highest BCUT2D eigenvalue weighted by Crippen LogP contribution is 2.18. The van der Waals surface area contributed by atoms with Gasteiger partial charge in [-0.25, -0.2) is 4.79 Å². The highest BCUT2D eigenvalue weighted by molar-refractivity contribution is 5.86. The molecule has 136 valence electrons. The number of benzene rings is 3. The maximum atomic E-state index is 12.0. The van der Waals surface area contributed by atoms with Crippen molar-refractivity contribution in [2.45, 2.75) is 6.54 Å². The van der Waals surface area contributed by atoms with Crippen molar-refractivity contribution in [3.8, 4) is 11.8 Å².